The van der Waals surface area contributed by atoms with E-state index in [0.717, 1.165) is 5.69 Å². The standard InChI is InChI=1S/C11H9F3N2O/c1-7-6-15-10(16-7)8-4-2-3-5-9(8)17-11(12,13)14/h2-6H,1H3,(H,15,16). The van der Waals surface area contributed by atoms with Gasteiger partial charge in [-0.2, -0.15) is 0 Å². The van der Waals surface area contributed by atoms with Crippen LogP contribution in [0.25, 0.3) is 11.4 Å². The smallest absolute Gasteiger partial charge is 0.405 e. The van der Waals surface area contributed by atoms with Crippen molar-refractivity contribution in [2.24, 2.45) is 0 Å². The Balaban J connectivity index is 2.41. The van der Waals surface area contributed by atoms with E-state index in [9.17, 15) is 13.2 Å². The van der Waals surface area contributed by atoms with Crippen molar-refractivity contribution in [3.05, 3.63) is 36.2 Å². The number of aryl methyl sites for hydroxylation is 1. The Bertz CT molecular complexity index is 519. The molecule has 0 radical (unpaired) electrons. The number of imidazole rings is 1. The molecular weight excluding hydrogens is 233 g/mol. The minimum absolute atomic E-state index is 0.269. The van der Waals surface area contributed by atoms with Gasteiger partial charge in [0.2, 0.25) is 0 Å². The average molecular weight is 242 g/mol. The summed E-state index contributed by atoms with van der Waals surface area (Å²) in [5, 5.41) is 0. The molecule has 1 N–H and O–H groups in total. The molecule has 3 nitrogen and oxygen atoms in total. The van der Waals surface area contributed by atoms with Gasteiger partial charge in [-0.3, -0.25) is 0 Å². The van der Waals surface area contributed by atoms with E-state index >= 15 is 0 Å². The molecule has 0 saturated heterocycles. The third kappa shape index (κ3) is 2.77. The van der Waals surface area contributed by atoms with Gasteiger partial charge in [0.05, 0.1) is 5.56 Å². The number of nitrogens with one attached hydrogen (secondary N) is 1. The fourth-order valence-corrected chi connectivity index (χ4v) is 1.43. The Kier molecular flexibility index (Phi) is 2.79. The van der Waals surface area contributed by atoms with Crippen molar-refractivity contribution < 1.29 is 17.9 Å². The third-order valence-electron chi connectivity index (χ3n) is 2.07. The Hall–Kier alpha value is -1.98. The fourth-order valence-electron chi connectivity index (χ4n) is 1.43. The maximum absolute atomic E-state index is 12.2. The molecule has 0 fully saturated rings. The van der Waals surface area contributed by atoms with Gasteiger partial charge >= 0.3 is 6.36 Å². The molecule has 1 aromatic carbocycles. The molecule has 0 spiro atoms. The maximum Gasteiger partial charge on any atom is 0.573 e. The number of halogens is 3. The normalized spacial score (nSPS) is 11.5. The Labute approximate surface area is 95.3 Å². The van der Waals surface area contributed by atoms with E-state index in [0.29, 0.717) is 5.82 Å². The largest absolute Gasteiger partial charge is 0.573 e. The molecule has 0 bridgehead atoms. The summed E-state index contributed by atoms with van der Waals surface area (Å²) in [6, 6.07) is 5.86. The van der Waals surface area contributed by atoms with Gasteiger partial charge in [-0.25, -0.2) is 4.98 Å². The van der Waals surface area contributed by atoms with E-state index in [2.05, 4.69) is 14.7 Å². The van der Waals surface area contributed by atoms with E-state index in [-0.39, 0.29) is 11.3 Å². The molecule has 0 saturated carbocycles. The number of alkyl halides is 3. The molecule has 0 amide bonds. The topological polar surface area (TPSA) is 37.9 Å². The van der Waals surface area contributed by atoms with Gasteiger partial charge in [0, 0.05) is 11.9 Å². The molecular formula is C11H9F3N2O. The van der Waals surface area contributed by atoms with E-state index < -0.39 is 6.36 Å². The van der Waals surface area contributed by atoms with Crippen LogP contribution < -0.4 is 4.74 Å². The van der Waals surface area contributed by atoms with E-state index in [1.807, 2.05) is 0 Å². The van der Waals surface area contributed by atoms with Gasteiger partial charge in [0.1, 0.15) is 11.6 Å². The number of H-pyrrole nitrogens is 1. The number of ether oxygens (including phenoxy) is 1. The van der Waals surface area contributed by atoms with Gasteiger partial charge < -0.3 is 9.72 Å². The van der Waals surface area contributed by atoms with Crippen molar-refractivity contribution in [2.45, 2.75) is 13.3 Å². The van der Waals surface area contributed by atoms with Crippen molar-refractivity contribution >= 4 is 0 Å². The average Bonchev–Trinajstić information content (AvgIpc) is 2.63. The number of rotatable bonds is 2. The summed E-state index contributed by atoms with van der Waals surface area (Å²) in [6.07, 6.45) is -3.17. The van der Waals surface area contributed by atoms with Crippen LogP contribution in [-0.2, 0) is 0 Å². The molecule has 0 aliphatic heterocycles. The summed E-state index contributed by atoms with van der Waals surface area (Å²) in [5.41, 5.74) is 1.04. The second-order valence-corrected chi connectivity index (χ2v) is 3.46. The first kappa shape index (κ1) is 11.5. The van der Waals surface area contributed by atoms with Crippen molar-refractivity contribution in [2.75, 3.05) is 0 Å². The molecule has 0 atom stereocenters. The molecule has 0 aliphatic rings. The highest BCUT2D eigenvalue weighted by Crippen LogP contribution is 2.31. The second kappa shape index (κ2) is 4.12. The van der Waals surface area contributed by atoms with Gasteiger partial charge in [-0.1, -0.05) is 12.1 Å². The molecule has 6 heteroatoms. The zero-order chi connectivity index (χ0) is 12.5. The number of aromatic nitrogens is 2. The quantitative estimate of drug-likeness (QED) is 0.877. The summed E-state index contributed by atoms with van der Waals surface area (Å²) in [5.74, 6) is 0.0803. The Morgan fingerprint density at radius 2 is 1.94 bits per heavy atom. The predicted molar refractivity (Wildman–Crippen MR) is 55.4 cm³/mol. The number of aromatic amines is 1. The molecule has 17 heavy (non-hydrogen) atoms. The zero-order valence-corrected chi connectivity index (χ0v) is 8.88. The number of nitrogens with zero attached hydrogens (tertiary/aromatic N) is 1. The minimum Gasteiger partial charge on any atom is -0.405 e. The summed E-state index contributed by atoms with van der Waals surface area (Å²) in [6.45, 7) is 1.77. The van der Waals surface area contributed by atoms with Crippen LogP contribution in [-0.4, -0.2) is 16.3 Å². The van der Waals surface area contributed by atoms with E-state index in [1.54, 1.807) is 19.2 Å². The Morgan fingerprint density at radius 1 is 1.24 bits per heavy atom. The fraction of sp³-hybridized carbons (Fsp3) is 0.182. The molecule has 2 rings (SSSR count). The minimum atomic E-state index is -4.71. The first-order valence-corrected chi connectivity index (χ1v) is 4.82. The first-order valence-electron chi connectivity index (χ1n) is 4.82. The number of hydrogen-bond acceptors (Lipinski definition) is 2. The third-order valence-corrected chi connectivity index (χ3v) is 2.07. The van der Waals surface area contributed by atoms with Crippen LogP contribution in [0, 0.1) is 6.92 Å². The Morgan fingerprint density at radius 3 is 2.53 bits per heavy atom. The van der Waals surface area contributed by atoms with Crippen LogP contribution in [0.5, 0.6) is 5.75 Å². The predicted octanol–water partition coefficient (Wildman–Crippen LogP) is 3.28. The number of hydrogen-bond donors (Lipinski definition) is 1. The lowest BCUT2D eigenvalue weighted by atomic mass is 10.2. The summed E-state index contributed by atoms with van der Waals surface area (Å²) in [4.78, 5) is 6.83. The van der Waals surface area contributed by atoms with Gasteiger partial charge in [0.15, 0.2) is 0 Å². The van der Waals surface area contributed by atoms with Crippen LogP contribution >= 0.6 is 0 Å². The van der Waals surface area contributed by atoms with Gasteiger partial charge in [-0.15, -0.1) is 13.2 Å². The zero-order valence-electron chi connectivity index (χ0n) is 8.88. The molecule has 1 aromatic heterocycles. The SMILES string of the molecule is Cc1cnc(-c2ccccc2OC(F)(F)F)[nH]1. The van der Waals surface area contributed by atoms with E-state index in [4.69, 9.17) is 0 Å². The molecule has 90 valence electrons. The van der Waals surface area contributed by atoms with Crippen molar-refractivity contribution in [1.29, 1.82) is 0 Å². The lowest BCUT2D eigenvalue weighted by Crippen LogP contribution is -2.17. The number of para-hydroxylation sites is 1. The van der Waals surface area contributed by atoms with Crippen LogP contribution in [0.3, 0.4) is 0 Å². The first-order chi connectivity index (χ1) is 7.96. The van der Waals surface area contributed by atoms with Crippen LogP contribution in [0.4, 0.5) is 13.2 Å². The lowest BCUT2D eigenvalue weighted by Gasteiger charge is -2.11. The van der Waals surface area contributed by atoms with Crippen molar-refractivity contribution in [3.8, 4) is 17.1 Å². The highest BCUT2D eigenvalue weighted by Gasteiger charge is 2.32. The monoisotopic (exact) mass is 242 g/mol. The van der Waals surface area contributed by atoms with Crippen molar-refractivity contribution in [3.63, 3.8) is 0 Å². The lowest BCUT2D eigenvalue weighted by molar-refractivity contribution is -0.274. The highest BCUT2D eigenvalue weighted by molar-refractivity contribution is 5.64. The second-order valence-electron chi connectivity index (χ2n) is 3.46. The highest BCUT2D eigenvalue weighted by atomic mass is 19.4. The molecule has 0 aliphatic carbocycles. The van der Waals surface area contributed by atoms with Crippen LogP contribution in [0.15, 0.2) is 30.5 Å². The van der Waals surface area contributed by atoms with E-state index in [1.165, 1.54) is 18.2 Å². The molecule has 1 heterocycles. The number of benzene rings is 1. The van der Waals surface area contributed by atoms with Crippen LogP contribution in [0.2, 0.25) is 0 Å². The molecule has 2 aromatic rings. The maximum atomic E-state index is 12.2. The summed E-state index contributed by atoms with van der Waals surface area (Å²) < 4.78 is 40.5. The summed E-state index contributed by atoms with van der Waals surface area (Å²) >= 11 is 0. The van der Waals surface area contributed by atoms with Crippen molar-refractivity contribution in [1.82, 2.24) is 9.97 Å². The summed E-state index contributed by atoms with van der Waals surface area (Å²) in [7, 11) is 0. The van der Waals surface area contributed by atoms with Gasteiger partial charge in [0.25, 0.3) is 0 Å². The molecule has 0 unspecified atom stereocenters. The van der Waals surface area contributed by atoms with Crippen LogP contribution in [0.1, 0.15) is 5.69 Å². The van der Waals surface area contributed by atoms with Gasteiger partial charge in [-0.05, 0) is 19.1 Å².